The molecule has 2 N–H and O–H groups in total. The lowest BCUT2D eigenvalue weighted by molar-refractivity contribution is 0.909. The summed E-state index contributed by atoms with van der Waals surface area (Å²) in [4.78, 5) is 1.31. The molecule has 0 bridgehead atoms. The highest BCUT2D eigenvalue weighted by Crippen LogP contribution is 2.29. The fraction of sp³-hybridized carbons (Fsp3) is 0.154. The summed E-state index contributed by atoms with van der Waals surface area (Å²) in [7, 11) is 0. The molecule has 1 unspecified atom stereocenters. The van der Waals surface area contributed by atoms with Crippen LogP contribution in [-0.2, 0) is 0 Å². The summed E-state index contributed by atoms with van der Waals surface area (Å²) in [6.07, 6.45) is 1.84. The quantitative estimate of drug-likeness (QED) is 0.742. The Morgan fingerprint density at radius 2 is 2.22 bits per heavy atom. The van der Waals surface area contributed by atoms with Gasteiger partial charge >= 0.3 is 0 Å². The molecule has 0 fully saturated rings. The van der Waals surface area contributed by atoms with E-state index < -0.39 is 0 Å². The second-order valence-corrected chi connectivity index (χ2v) is 6.67. The molecule has 18 heavy (non-hydrogen) atoms. The highest BCUT2D eigenvalue weighted by atomic mass is 79.9. The summed E-state index contributed by atoms with van der Waals surface area (Å²) >= 11 is 5.25. The van der Waals surface area contributed by atoms with Crippen molar-refractivity contribution in [2.24, 2.45) is 0 Å². The minimum atomic E-state index is 0.297. The first kappa shape index (κ1) is 11.7. The molecule has 0 spiro atoms. The third kappa shape index (κ3) is 2.28. The van der Waals surface area contributed by atoms with Gasteiger partial charge in [0.1, 0.15) is 0 Å². The maximum Gasteiger partial charge on any atom is 0.0702 e. The van der Waals surface area contributed by atoms with Crippen LogP contribution in [0.3, 0.4) is 0 Å². The number of nitrogens with one attached hydrogen (secondary N) is 2. The first-order chi connectivity index (χ1) is 8.72. The highest BCUT2D eigenvalue weighted by molar-refractivity contribution is 9.11. The van der Waals surface area contributed by atoms with Crippen LogP contribution < -0.4 is 5.32 Å². The first-order valence-corrected chi connectivity index (χ1v) is 7.28. The molecule has 2 aromatic heterocycles. The van der Waals surface area contributed by atoms with Gasteiger partial charge in [-0.15, -0.1) is 11.3 Å². The van der Waals surface area contributed by atoms with Gasteiger partial charge in [-0.25, -0.2) is 0 Å². The smallest absolute Gasteiger partial charge is 0.0702 e. The molecule has 0 aliphatic carbocycles. The SMILES string of the molecule is CC(Nc1ccc2[nH]ncc2c1)c1ccc(Br)s1. The van der Waals surface area contributed by atoms with Crippen LogP contribution in [0, 0.1) is 0 Å². The van der Waals surface area contributed by atoms with Crippen molar-refractivity contribution in [1.29, 1.82) is 0 Å². The van der Waals surface area contributed by atoms with Gasteiger partial charge in [0.05, 0.1) is 21.5 Å². The fourth-order valence-electron chi connectivity index (χ4n) is 1.91. The number of halogens is 1. The van der Waals surface area contributed by atoms with Gasteiger partial charge in [0, 0.05) is 16.0 Å². The zero-order valence-corrected chi connectivity index (χ0v) is 12.2. The van der Waals surface area contributed by atoms with E-state index in [2.05, 4.69) is 62.6 Å². The van der Waals surface area contributed by atoms with E-state index in [-0.39, 0.29) is 0 Å². The Kier molecular flexibility index (Phi) is 3.09. The van der Waals surface area contributed by atoms with Crippen LogP contribution in [0.25, 0.3) is 10.9 Å². The Bertz CT molecular complexity index is 673. The van der Waals surface area contributed by atoms with Crippen LogP contribution in [0.1, 0.15) is 17.8 Å². The first-order valence-electron chi connectivity index (χ1n) is 5.67. The number of anilines is 1. The number of H-pyrrole nitrogens is 1. The highest BCUT2D eigenvalue weighted by Gasteiger charge is 2.08. The lowest BCUT2D eigenvalue weighted by atomic mass is 10.2. The van der Waals surface area contributed by atoms with Gasteiger partial charge in [0.25, 0.3) is 0 Å². The van der Waals surface area contributed by atoms with Crippen molar-refractivity contribution in [3.63, 3.8) is 0 Å². The van der Waals surface area contributed by atoms with Crippen molar-refractivity contribution < 1.29 is 0 Å². The maximum atomic E-state index is 4.03. The minimum absolute atomic E-state index is 0.297. The van der Waals surface area contributed by atoms with Gasteiger partial charge in [0.15, 0.2) is 0 Å². The van der Waals surface area contributed by atoms with E-state index >= 15 is 0 Å². The van der Waals surface area contributed by atoms with Gasteiger partial charge in [-0.2, -0.15) is 5.10 Å². The number of aromatic nitrogens is 2. The van der Waals surface area contributed by atoms with E-state index in [9.17, 15) is 0 Å². The topological polar surface area (TPSA) is 40.7 Å². The van der Waals surface area contributed by atoms with E-state index in [1.165, 1.54) is 4.88 Å². The average Bonchev–Trinajstić information content (AvgIpc) is 2.96. The Labute approximate surface area is 117 Å². The van der Waals surface area contributed by atoms with E-state index in [4.69, 9.17) is 0 Å². The summed E-state index contributed by atoms with van der Waals surface area (Å²) in [5.74, 6) is 0. The van der Waals surface area contributed by atoms with Crippen LogP contribution in [0.2, 0.25) is 0 Å². The lowest BCUT2D eigenvalue weighted by Gasteiger charge is -2.13. The number of fused-ring (bicyclic) bond motifs is 1. The minimum Gasteiger partial charge on any atom is -0.378 e. The average molecular weight is 322 g/mol. The van der Waals surface area contributed by atoms with Crippen LogP contribution in [0.15, 0.2) is 40.3 Å². The molecule has 3 rings (SSSR count). The molecule has 0 aliphatic rings. The number of hydrogen-bond donors (Lipinski definition) is 2. The number of thiophene rings is 1. The molecule has 3 aromatic rings. The summed E-state index contributed by atoms with van der Waals surface area (Å²) in [5, 5.41) is 11.6. The summed E-state index contributed by atoms with van der Waals surface area (Å²) < 4.78 is 1.16. The molecule has 0 amide bonds. The van der Waals surface area contributed by atoms with E-state index in [1.807, 2.05) is 12.3 Å². The predicted octanol–water partition coefficient (Wildman–Crippen LogP) is 4.56. The number of hydrogen-bond acceptors (Lipinski definition) is 3. The molecule has 1 atom stereocenters. The summed E-state index contributed by atoms with van der Waals surface area (Å²) in [6, 6.07) is 10.7. The van der Waals surface area contributed by atoms with Crippen molar-refractivity contribution >= 4 is 43.9 Å². The molecule has 0 aliphatic heterocycles. The Morgan fingerprint density at radius 1 is 1.33 bits per heavy atom. The molecule has 0 radical (unpaired) electrons. The molecule has 0 saturated heterocycles. The van der Waals surface area contributed by atoms with Crippen LogP contribution >= 0.6 is 27.3 Å². The van der Waals surface area contributed by atoms with Gasteiger partial charge < -0.3 is 5.32 Å². The second kappa shape index (κ2) is 4.74. The normalized spacial score (nSPS) is 12.8. The molecular weight excluding hydrogens is 310 g/mol. The summed E-state index contributed by atoms with van der Waals surface area (Å²) in [6.45, 7) is 2.16. The molecule has 3 nitrogen and oxygen atoms in total. The fourth-order valence-corrected chi connectivity index (χ4v) is 3.34. The number of benzene rings is 1. The number of nitrogens with zero attached hydrogens (tertiary/aromatic N) is 1. The number of aromatic amines is 1. The zero-order chi connectivity index (χ0) is 12.5. The third-order valence-corrected chi connectivity index (χ3v) is 4.65. The maximum absolute atomic E-state index is 4.03. The van der Waals surface area contributed by atoms with Crippen LogP contribution in [0.4, 0.5) is 5.69 Å². The number of rotatable bonds is 3. The van der Waals surface area contributed by atoms with Gasteiger partial charge in [-0.1, -0.05) is 0 Å². The zero-order valence-electron chi connectivity index (χ0n) is 9.77. The Morgan fingerprint density at radius 3 is 3.00 bits per heavy atom. The van der Waals surface area contributed by atoms with Crippen molar-refractivity contribution in [2.45, 2.75) is 13.0 Å². The second-order valence-electron chi connectivity index (χ2n) is 4.18. The van der Waals surface area contributed by atoms with Gasteiger partial charge in [-0.05, 0) is 53.2 Å². The molecule has 92 valence electrons. The van der Waals surface area contributed by atoms with Crippen molar-refractivity contribution in [2.75, 3.05) is 5.32 Å². The molecule has 0 saturated carbocycles. The molecule has 5 heteroatoms. The van der Waals surface area contributed by atoms with E-state index in [1.54, 1.807) is 11.3 Å². The van der Waals surface area contributed by atoms with Crippen LogP contribution in [0.5, 0.6) is 0 Å². The van der Waals surface area contributed by atoms with Crippen molar-refractivity contribution in [1.82, 2.24) is 10.2 Å². The van der Waals surface area contributed by atoms with Crippen molar-refractivity contribution in [3.05, 3.63) is 45.2 Å². The monoisotopic (exact) mass is 321 g/mol. The lowest BCUT2D eigenvalue weighted by Crippen LogP contribution is -2.04. The Hall–Kier alpha value is -1.33. The third-order valence-electron chi connectivity index (χ3n) is 2.84. The predicted molar refractivity (Wildman–Crippen MR) is 80.2 cm³/mol. The van der Waals surface area contributed by atoms with Crippen molar-refractivity contribution in [3.8, 4) is 0 Å². The molecule has 1 aromatic carbocycles. The largest absolute Gasteiger partial charge is 0.378 e. The van der Waals surface area contributed by atoms with Gasteiger partial charge in [-0.3, -0.25) is 5.10 Å². The van der Waals surface area contributed by atoms with E-state index in [0.717, 1.165) is 20.4 Å². The summed E-state index contributed by atoms with van der Waals surface area (Å²) in [5.41, 5.74) is 2.17. The molecule has 2 heterocycles. The van der Waals surface area contributed by atoms with Crippen LogP contribution in [-0.4, -0.2) is 10.2 Å². The standard InChI is InChI=1S/C13H12BrN3S/c1-8(12-4-5-13(14)18-12)16-10-2-3-11-9(6-10)7-15-17-11/h2-8,16H,1H3,(H,15,17). The van der Waals surface area contributed by atoms with E-state index in [0.29, 0.717) is 6.04 Å². The molecular formula is C13H12BrN3S. The van der Waals surface area contributed by atoms with Gasteiger partial charge in [0.2, 0.25) is 0 Å². The Balaban J connectivity index is 1.83.